The number of rotatable bonds is 6. The van der Waals surface area contributed by atoms with Gasteiger partial charge in [-0.25, -0.2) is 4.79 Å². The van der Waals surface area contributed by atoms with Gasteiger partial charge in [-0.2, -0.15) is 0 Å². The summed E-state index contributed by atoms with van der Waals surface area (Å²) in [6.45, 7) is 0. The van der Waals surface area contributed by atoms with Gasteiger partial charge in [0.2, 0.25) is 0 Å². The Bertz CT molecular complexity index is 599. The third kappa shape index (κ3) is 4.42. The summed E-state index contributed by atoms with van der Waals surface area (Å²) in [7, 11) is 0. The van der Waals surface area contributed by atoms with E-state index in [1.165, 1.54) is 6.20 Å². The number of hydrogen-bond donors (Lipinski definition) is 2. The van der Waals surface area contributed by atoms with E-state index < -0.39 is 17.9 Å². The van der Waals surface area contributed by atoms with Gasteiger partial charge < -0.3 is 10.4 Å². The maximum atomic E-state index is 12.0. The van der Waals surface area contributed by atoms with Crippen molar-refractivity contribution in [2.75, 3.05) is 0 Å². The topological polar surface area (TPSA) is 79.3 Å². The highest BCUT2D eigenvalue weighted by atomic mass is 16.4. The summed E-state index contributed by atoms with van der Waals surface area (Å²) in [5.74, 6) is -1.47. The molecule has 0 aliphatic rings. The van der Waals surface area contributed by atoms with Crippen LogP contribution in [0.15, 0.2) is 54.9 Å². The lowest BCUT2D eigenvalue weighted by atomic mass is 10.0. The molecule has 0 saturated carbocycles. The number of aryl methyl sites for hydroxylation is 1. The number of carboxylic acid groups (broad SMARTS) is 1. The Balaban J connectivity index is 1.96. The maximum absolute atomic E-state index is 12.0. The Morgan fingerprint density at radius 1 is 1.14 bits per heavy atom. The molecular formula is C16H16N2O3. The molecule has 0 aliphatic carbocycles. The Morgan fingerprint density at radius 2 is 1.90 bits per heavy atom. The summed E-state index contributed by atoms with van der Waals surface area (Å²) in [5, 5.41) is 11.7. The molecule has 0 aliphatic heterocycles. The van der Waals surface area contributed by atoms with Gasteiger partial charge in [0, 0.05) is 12.4 Å². The number of carbonyl (C=O) groups excluding carboxylic acids is 1. The molecule has 2 rings (SSSR count). The lowest BCUT2D eigenvalue weighted by Crippen LogP contribution is -2.41. The Kier molecular flexibility index (Phi) is 5.04. The van der Waals surface area contributed by atoms with Crippen LogP contribution in [0, 0.1) is 0 Å². The third-order valence-electron chi connectivity index (χ3n) is 3.09. The minimum atomic E-state index is -1.04. The summed E-state index contributed by atoms with van der Waals surface area (Å²) in [5.41, 5.74) is 1.39. The molecule has 2 aromatic rings. The number of carboxylic acids is 1. The quantitative estimate of drug-likeness (QED) is 0.849. The second-order valence-corrected chi connectivity index (χ2v) is 4.63. The van der Waals surface area contributed by atoms with E-state index in [0.717, 1.165) is 5.56 Å². The number of aliphatic carboxylic acids is 1. The minimum Gasteiger partial charge on any atom is -0.480 e. The zero-order valence-electron chi connectivity index (χ0n) is 11.4. The van der Waals surface area contributed by atoms with Crippen LogP contribution in [0.2, 0.25) is 0 Å². The highest BCUT2D eigenvalue weighted by Gasteiger charge is 2.20. The number of hydrogen-bond acceptors (Lipinski definition) is 3. The smallest absolute Gasteiger partial charge is 0.326 e. The second kappa shape index (κ2) is 7.19. The van der Waals surface area contributed by atoms with Crippen LogP contribution in [-0.4, -0.2) is 28.0 Å². The van der Waals surface area contributed by atoms with Crippen molar-refractivity contribution in [2.24, 2.45) is 0 Å². The molecule has 5 nitrogen and oxygen atoms in total. The van der Waals surface area contributed by atoms with Gasteiger partial charge in [-0.05, 0) is 30.5 Å². The number of amides is 1. The van der Waals surface area contributed by atoms with Crippen LogP contribution in [0.3, 0.4) is 0 Å². The monoisotopic (exact) mass is 284 g/mol. The molecular weight excluding hydrogens is 268 g/mol. The average molecular weight is 284 g/mol. The Labute approximate surface area is 122 Å². The van der Waals surface area contributed by atoms with E-state index in [2.05, 4.69) is 10.3 Å². The van der Waals surface area contributed by atoms with E-state index >= 15 is 0 Å². The highest BCUT2D eigenvalue weighted by Crippen LogP contribution is 2.06. The van der Waals surface area contributed by atoms with Gasteiger partial charge in [0.15, 0.2) is 0 Å². The first-order valence-electron chi connectivity index (χ1n) is 6.64. The SMILES string of the molecule is O=C(NC(CCc1ccccc1)C(=O)O)c1cccnc1. The van der Waals surface area contributed by atoms with Crippen LogP contribution in [0.25, 0.3) is 0 Å². The largest absolute Gasteiger partial charge is 0.480 e. The summed E-state index contributed by atoms with van der Waals surface area (Å²) in [6.07, 6.45) is 3.89. The first-order valence-corrected chi connectivity index (χ1v) is 6.64. The number of nitrogens with zero attached hydrogens (tertiary/aromatic N) is 1. The van der Waals surface area contributed by atoms with E-state index in [-0.39, 0.29) is 0 Å². The van der Waals surface area contributed by atoms with Gasteiger partial charge in [-0.15, -0.1) is 0 Å². The van der Waals surface area contributed by atoms with Crippen LogP contribution in [0.4, 0.5) is 0 Å². The van der Waals surface area contributed by atoms with E-state index in [0.29, 0.717) is 18.4 Å². The predicted octanol–water partition coefficient (Wildman–Crippen LogP) is 1.90. The second-order valence-electron chi connectivity index (χ2n) is 4.63. The molecule has 1 aromatic heterocycles. The molecule has 1 aromatic carbocycles. The fourth-order valence-corrected chi connectivity index (χ4v) is 1.95. The van der Waals surface area contributed by atoms with Crippen molar-refractivity contribution in [3.8, 4) is 0 Å². The van der Waals surface area contributed by atoms with Crippen LogP contribution in [0.1, 0.15) is 22.3 Å². The van der Waals surface area contributed by atoms with Gasteiger partial charge in [0.25, 0.3) is 5.91 Å². The van der Waals surface area contributed by atoms with E-state index in [1.807, 2.05) is 30.3 Å². The molecule has 1 unspecified atom stereocenters. The number of aromatic nitrogens is 1. The molecule has 2 N–H and O–H groups in total. The Morgan fingerprint density at radius 3 is 2.52 bits per heavy atom. The first kappa shape index (κ1) is 14.7. The van der Waals surface area contributed by atoms with E-state index in [9.17, 15) is 14.7 Å². The average Bonchev–Trinajstić information content (AvgIpc) is 2.52. The minimum absolute atomic E-state index is 0.339. The first-order chi connectivity index (χ1) is 10.2. The number of benzene rings is 1. The lowest BCUT2D eigenvalue weighted by molar-refractivity contribution is -0.139. The van der Waals surface area contributed by atoms with Gasteiger partial charge in [-0.1, -0.05) is 30.3 Å². The molecule has 108 valence electrons. The van der Waals surface area contributed by atoms with Gasteiger partial charge in [0.05, 0.1) is 5.56 Å². The molecule has 1 atom stereocenters. The summed E-state index contributed by atoms with van der Waals surface area (Å²) >= 11 is 0. The fourth-order valence-electron chi connectivity index (χ4n) is 1.95. The molecule has 0 bridgehead atoms. The van der Waals surface area contributed by atoms with Crippen molar-refractivity contribution >= 4 is 11.9 Å². The highest BCUT2D eigenvalue weighted by molar-refractivity contribution is 5.96. The molecule has 5 heteroatoms. The van der Waals surface area contributed by atoms with Crippen molar-refractivity contribution in [1.29, 1.82) is 0 Å². The third-order valence-corrected chi connectivity index (χ3v) is 3.09. The summed E-state index contributed by atoms with van der Waals surface area (Å²) in [4.78, 5) is 27.1. The van der Waals surface area contributed by atoms with Crippen molar-refractivity contribution < 1.29 is 14.7 Å². The normalized spacial score (nSPS) is 11.6. The van der Waals surface area contributed by atoms with Crippen molar-refractivity contribution in [3.05, 3.63) is 66.0 Å². The van der Waals surface area contributed by atoms with Gasteiger partial charge in [0.1, 0.15) is 6.04 Å². The maximum Gasteiger partial charge on any atom is 0.326 e. The van der Waals surface area contributed by atoms with Crippen LogP contribution in [0.5, 0.6) is 0 Å². The van der Waals surface area contributed by atoms with Crippen molar-refractivity contribution in [1.82, 2.24) is 10.3 Å². The summed E-state index contributed by atoms with van der Waals surface area (Å²) in [6, 6.07) is 11.9. The molecule has 1 amide bonds. The molecule has 0 fully saturated rings. The number of nitrogens with one attached hydrogen (secondary N) is 1. The van der Waals surface area contributed by atoms with Gasteiger partial charge in [-0.3, -0.25) is 9.78 Å². The molecule has 21 heavy (non-hydrogen) atoms. The Hall–Kier alpha value is -2.69. The molecule has 0 saturated heterocycles. The molecule has 0 spiro atoms. The van der Waals surface area contributed by atoms with Crippen molar-refractivity contribution in [3.63, 3.8) is 0 Å². The predicted molar refractivity (Wildman–Crippen MR) is 77.9 cm³/mol. The molecule has 0 radical (unpaired) electrons. The van der Waals surface area contributed by atoms with Crippen LogP contribution < -0.4 is 5.32 Å². The number of pyridine rings is 1. The lowest BCUT2D eigenvalue weighted by Gasteiger charge is -2.14. The van der Waals surface area contributed by atoms with E-state index in [4.69, 9.17) is 0 Å². The zero-order chi connectivity index (χ0) is 15.1. The van der Waals surface area contributed by atoms with Crippen LogP contribution in [-0.2, 0) is 11.2 Å². The van der Waals surface area contributed by atoms with Gasteiger partial charge >= 0.3 is 5.97 Å². The number of carbonyl (C=O) groups is 2. The fraction of sp³-hybridized carbons (Fsp3) is 0.188. The molecule has 1 heterocycles. The summed E-state index contributed by atoms with van der Waals surface area (Å²) < 4.78 is 0. The standard InChI is InChI=1S/C16H16N2O3/c19-15(13-7-4-10-17-11-13)18-14(16(20)21)9-8-12-5-2-1-3-6-12/h1-7,10-11,14H,8-9H2,(H,18,19)(H,20,21). The van der Waals surface area contributed by atoms with Crippen molar-refractivity contribution in [2.45, 2.75) is 18.9 Å². The van der Waals surface area contributed by atoms with E-state index in [1.54, 1.807) is 18.3 Å². The zero-order valence-corrected chi connectivity index (χ0v) is 11.4. The van der Waals surface area contributed by atoms with Crippen LogP contribution >= 0.6 is 0 Å².